The van der Waals surface area contributed by atoms with E-state index in [2.05, 4.69) is 50.2 Å². The third kappa shape index (κ3) is 3.72. The number of aryl methyl sites for hydroxylation is 2. The van der Waals surface area contributed by atoms with Crippen molar-refractivity contribution in [3.05, 3.63) is 34.9 Å². The van der Waals surface area contributed by atoms with E-state index >= 15 is 0 Å². The Morgan fingerprint density at radius 3 is 2.62 bits per heavy atom. The van der Waals surface area contributed by atoms with Crippen LogP contribution in [0.4, 0.5) is 0 Å². The van der Waals surface area contributed by atoms with E-state index < -0.39 is 0 Å². The van der Waals surface area contributed by atoms with Crippen molar-refractivity contribution in [2.24, 2.45) is 0 Å². The Labute approximate surface area is 99.3 Å². The van der Waals surface area contributed by atoms with E-state index in [1.165, 1.54) is 16.7 Å². The zero-order valence-electron chi connectivity index (χ0n) is 10.5. The van der Waals surface area contributed by atoms with E-state index in [4.69, 9.17) is 6.42 Å². The Bertz CT molecular complexity index is 374. The zero-order chi connectivity index (χ0) is 12.0. The Balaban J connectivity index is 2.69. The van der Waals surface area contributed by atoms with Gasteiger partial charge in [-0.05, 0) is 43.5 Å². The van der Waals surface area contributed by atoms with Gasteiger partial charge in [0.25, 0.3) is 0 Å². The second-order valence-electron chi connectivity index (χ2n) is 4.29. The van der Waals surface area contributed by atoms with Gasteiger partial charge in [-0.3, -0.25) is 0 Å². The van der Waals surface area contributed by atoms with Gasteiger partial charge in [-0.1, -0.05) is 25.1 Å². The van der Waals surface area contributed by atoms with E-state index in [1.54, 1.807) is 0 Å². The summed E-state index contributed by atoms with van der Waals surface area (Å²) in [6, 6.07) is 7.04. The first kappa shape index (κ1) is 12.8. The summed E-state index contributed by atoms with van der Waals surface area (Å²) in [4.78, 5) is 0. The second kappa shape index (κ2) is 6.35. The molecule has 0 aliphatic rings. The number of benzene rings is 1. The van der Waals surface area contributed by atoms with Crippen molar-refractivity contribution in [3.8, 4) is 12.3 Å². The summed E-state index contributed by atoms with van der Waals surface area (Å²) in [6.07, 6.45) is 7.18. The van der Waals surface area contributed by atoms with Crippen LogP contribution in [0.1, 0.15) is 30.0 Å². The molecule has 1 aromatic carbocycles. The van der Waals surface area contributed by atoms with Crippen molar-refractivity contribution < 1.29 is 0 Å². The van der Waals surface area contributed by atoms with E-state index in [0.29, 0.717) is 6.04 Å². The predicted molar refractivity (Wildman–Crippen MR) is 70.5 cm³/mol. The Hall–Kier alpha value is -1.26. The molecule has 0 bridgehead atoms. The maximum atomic E-state index is 5.38. The van der Waals surface area contributed by atoms with Gasteiger partial charge in [0.2, 0.25) is 0 Å². The van der Waals surface area contributed by atoms with Gasteiger partial charge >= 0.3 is 0 Å². The van der Waals surface area contributed by atoms with E-state index in [9.17, 15) is 0 Å². The average Bonchev–Trinajstić information content (AvgIpc) is 2.24. The fourth-order valence-electron chi connectivity index (χ4n) is 1.86. The molecule has 0 saturated heterocycles. The highest BCUT2D eigenvalue weighted by Gasteiger charge is 2.07. The van der Waals surface area contributed by atoms with Crippen LogP contribution in [0, 0.1) is 26.2 Å². The number of rotatable bonds is 5. The third-order valence-corrected chi connectivity index (χ3v) is 2.91. The highest BCUT2D eigenvalue weighted by Crippen LogP contribution is 2.12. The summed E-state index contributed by atoms with van der Waals surface area (Å²) in [6.45, 7) is 7.38. The Morgan fingerprint density at radius 1 is 1.31 bits per heavy atom. The minimum Gasteiger partial charge on any atom is -0.313 e. The van der Waals surface area contributed by atoms with Crippen LogP contribution in [0.25, 0.3) is 0 Å². The molecular weight excluding hydrogens is 194 g/mol. The van der Waals surface area contributed by atoms with Crippen LogP contribution in [0.15, 0.2) is 18.2 Å². The number of terminal acetylenes is 1. The van der Waals surface area contributed by atoms with Gasteiger partial charge in [-0.15, -0.1) is 12.3 Å². The molecule has 0 amide bonds. The van der Waals surface area contributed by atoms with Crippen LogP contribution < -0.4 is 5.32 Å². The lowest BCUT2D eigenvalue weighted by Gasteiger charge is -2.15. The van der Waals surface area contributed by atoms with Crippen molar-refractivity contribution in [2.75, 3.05) is 6.54 Å². The standard InChI is InChI=1S/C15H21N/c1-5-7-15(16-6-2)11-14-9-8-12(3)13(4)10-14/h1,8-10,15-16H,6-7,11H2,2-4H3. The highest BCUT2D eigenvalue weighted by molar-refractivity contribution is 5.30. The number of likely N-dealkylation sites (N-methyl/N-ethyl adjacent to an activating group) is 1. The second-order valence-corrected chi connectivity index (χ2v) is 4.29. The normalized spacial score (nSPS) is 12.1. The smallest absolute Gasteiger partial charge is 0.0243 e. The lowest BCUT2D eigenvalue weighted by molar-refractivity contribution is 0.535. The fraction of sp³-hybridized carbons (Fsp3) is 0.467. The molecule has 0 aromatic heterocycles. The van der Waals surface area contributed by atoms with Gasteiger partial charge < -0.3 is 5.32 Å². The summed E-state index contributed by atoms with van der Waals surface area (Å²) in [5.41, 5.74) is 4.07. The first-order valence-electron chi connectivity index (χ1n) is 5.90. The fourth-order valence-corrected chi connectivity index (χ4v) is 1.86. The summed E-state index contributed by atoms with van der Waals surface area (Å²) in [5.74, 6) is 2.74. The maximum absolute atomic E-state index is 5.38. The van der Waals surface area contributed by atoms with Crippen LogP contribution in [0.2, 0.25) is 0 Å². The molecular formula is C15H21N. The SMILES string of the molecule is C#CCC(Cc1ccc(C)c(C)c1)NCC. The molecule has 1 rings (SSSR count). The van der Waals surface area contributed by atoms with Crippen molar-refractivity contribution >= 4 is 0 Å². The van der Waals surface area contributed by atoms with E-state index in [1.807, 2.05) is 0 Å². The molecule has 1 unspecified atom stereocenters. The molecule has 1 aromatic rings. The molecule has 0 heterocycles. The summed E-state index contributed by atoms with van der Waals surface area (Å²) < 4.78 is 0. The van der Waals surface area contributed by atoms with Crippen LogP contribution in [-0.4, -0.2) is 12.6 Å². The first-order valence-corrected chi connectivity index (χ1v) is 5.90. The van der Waals surface area contributed by atoms with Crippen LogP contribution >= 0.6 is 0 Å². The van der Waals surface area contributed by atoms with Crippen LogP contribution in [-0.2, 0) is 6.42 Å². The first-order chi connectivity index (χ1) is 7.67. The van der Waals surface area contributed by atoms with Crippen LogP contribution in [0.3, 0.4) is 0 Å². The lowest BCUT2D eigenvalue weighted by Crippen LogP contribution is -2.30. The molecule has 1 nitrogen and oxygen atoms in total. The molecule has 0 fully saturated rings. The molecule has 1 atom stereocenters. The summed E-state index contributed by atoms with van der Waals surface area (Å²) >= 11 is 0. The lowest BCUT2D eigenvalue weighted by atomic mass is 9.99. The van der Waals surface area contributed by atoms with Gasteiger partial charge in [0.15, 0.2) is 0 Å². The minimum absolute atomic E-state index is 0.400. The topological polar surface area (TPSA) is 12.0 Å². The maximum Gasteiger partial charge on any atom is 0.0243 e. The molecule has 0 aliphatic heterocycles. The van der Waals surface area contributed by atoms with E-state index in [-0.39, 0.29) is 0 Å². The molecule has 0 aliphatic carbocycles. The van der Waals surface area contributed by atoms with Crippen molar-refractivity contribution in [1.29, 1.82) is 0 Å². The molecule has 1 heteroatoms. The molecule has 1 N–H and O–H groups in total. The average molecular weight is 215 g/mol. The van der Waals surface area contributed by atoms with Gasteiger partial charge in [-0.25, -0.2) is 0 Å². The summed E-state index contributed by atoms with van der Waals surface area (Å²) in [5, 5.41) is 3.42. The van der Waals surface area contributed by atoms with Crippen molar-refractivity contribution in [1.82, 2.24) is 5.32 Å². The quantitative estimate of drug-likeness (QED) is 0.745. The molecule has 0 spiro atoms. The highest BCUT2D eigenvalue weighted by atomic mass is 14.9. The Morgan fingerprint density at radius 2 is 2.06 bits per heavy atom. The van der Waals surface area contributed by atoms with Crippen LogP contribution in [0.5, 0.6) is 0 Å². The Kier molecular flexibility index (Phi) is 5.08. The zero-order valence-corrected chi connectivity index (χ0v) is 10.5. The molecule has 0 radical (unpaired) electrons. The minimum atomic E-state index is 0.400. The number of hydrogen-bond acceptors (Lipinski definition) is 1. The number of hydrogen-bond donors (Lipinski definition) is 1. The predicted octanol–water partition coefficient (Wildman–Crippen LogP) is 2.85. The monoisotopic (exact) mass is 215 g/mol. The largest absolute Gasteiger partial charge is 0.313 e. The molecule has 16 heavy (non-hydrogen) atoms. The van der Waals surface area contributed by atoms with Gasteiger partial charge in [0.1, 0.15) is 0 Å². The number of nitrogens with one attached hydrogen (secondary N) is 1. The van der Waals surface area contributed by atoms with Gasteiger partial charge in [0, 0.05) is 12.5 Å². The summed E-state index contributed by atoms with van der Waals surface area (Å²) in [7, 11) is 0. The van der Waals surface area contributed by atoms with E-state index in [0.717, 1.165) is 19.4 Å². The van der Waals surface area contributed by atoms with Crippen molar-refractivity contribution in [2.45, 2.75) is 39.7 Å². The molecule has 0 saturated carbocycles. The molecule has 86 valence electrons. The van der Waals surface area contributed by atoms with Gasteiger partial charge in [-0.2, -0.15) is 0 Å². The van der Waals surface area contributed by atoms with Gasteiger partial charge in [0.05, 0.1) is 0 Å². The van der Waals surface area contributed by atoms with Crippen molar-refractivity contribution in [3.63, 3.8) is 0 Å². The third-order valence-electron chi connectivity index (χ3n) is 2.91.